The Bertz CT molecular complexity index is 1080. The van der Waals surface area contributed by atoms with Crippen LogP contribution in [-0.4, -0.2) is 49.9 Å². The molecule has 0 spiro atoms. The highest BCUT2D eigenvalue weighted by Crippen LogP contribution is 2.36. The Morgan fingerprint density at radius 3 is 2.45 bits per heavy atom. The first kappa shape index (κ1) is 22.1. The monoisotopic (exact) mass is 452 g/mol. The molecule has 1 atom stereocenters. The van der Waals surface area contributed by atoms with E-state index < -0.39 is 17.7 Å². The molecule has 10 nitrogen and oxygen atoms in total. The summed E-state index contributed by atoms with van der Waals surface area (Å²) in [6, 6.07) is 11.9. The molecule has 10 heteroatoms. The fourth-order valence-electron chi connectivity index (χ4n) is 3.71. The number of rotatable bonds is 7. The number of benzene rings is 2. The van der Waals surface area contributed by atoms with E-state index in [1.165, 1.54) is 0 Å². The van der Waals surface area contributed by atoms with Gasteiger partial charge in [0.1, 0.15) is 13.2 Å². The Labute approximate surface area is 190 Å². The highest BCUT2D eigenvalue weighted by Gasteiger charge is 2.35. The van der Waals surface area contributed by atoms with Gasteiger partial charge in [0.15, 0.2) is 11.5 Å². The highest BCUT2D eigenvalue weighted by atomic mass is 16.6. The third-order valence-corrected chi connectivity index (χ3v) is 5.44. The molecule has 0 bridgehead atoms. The van der Waals surface area contributed by atoms with Crippen LogP contribution in [0.1, 0.15) is 22.3 Å². The van der Waals surface area contributed by atoms with Crippen molar-refractivity contribution < 1.29 is 28.7 Å². The van der Waals surface area contributed by atoms with E-state index in [4.69, 9.17) is 15.2 Å². The predicted molar refractivity (Wildman–Crippen MR) is 118 cm³/mol. The van der Waals surface area contributed by atoms with Crippen LogP contribution < -0.4 is 30.7 Å². The molecule has 2 aromatic rings. The van der Waals surface area contributed by atoms with Crippen molar-refractivity contribution in [2.45, 2.75) is 13.0 Å². The summed E-state index contributed by atoms with van der Waals surface area (Å²) >= 11 is 0. The van der Waals surface area contributed by atoms with Gasteiger partial charge in [-0.1, -0.05) is 12.1 Å². The van der Waals surface area contributed by atoms with Crippen LogP contribution in [-0.2, 0) is 20.9 Å². The van der Waals surface area contributed by atoms with E-state index in [9.17, 15) is 19.2 Å². The maximum Gasteiger partial charge on any atom is 0.251 e. The number of nitrogens with one attached hydrogen (secondary N) is 2. The van der Waals surface area contributed by atoms with E-state index in [1.807, 2.05) is 0 Å². The number of amides is 4. The molecule has 4 amide bonds. The lowest BCUT2D eigenvalue weighted by molar-refractivity contribution is -0.126. The van der Waals surface area contributed by atoms with E-state index in [2.05, 4.69) is 10.6 Å². The van der Waals surface area contributed by atoms with Crippen LogP contribution in [0.3, 0.4) is 0 Å². The molecule has 2 heterocycles. The molecule has 1 fully saturated rings. The summed E-state index contributed by atoms with van der Waals surface area (Å²) in [5, 5.41) is 5.26. The summed E-state index contributed by atoms with van der Waals surface area (Å²) in [6.07, 6.45) is 0.124. The average Bonchev–Trinajstić information content (AvgIpc) is 3.22. The number of carbonyl (C=O) groups is 4. The molecule has 1 saturated heterocycles. The first-order valence-electron chi connectivity index (χ1n) is 10.5. The van der Waals surface area contributed by atoms with Crippen molar-refractivity contribution in [2.75, 3.05) is 31.2 Å². The SMILES string of the molecule is NC(=O)CNC(=O)c1ccc(CNC(=O)C2CC(=O)N(c3ccc4c(c3)OCCO4)C2)cc1. The van der Waals surface area contributed by atoms with Gasteiger partial charge in [0, 0.05) is 36.8 Å². The molecule has 2 aromatic carbocycles. The van der Waals surface area contributed by atoms with Gasteiger partial charge in [-0.25, -0.2) is 0 Å². The molecule has 4 rings (SSSR count). The number of hydrogen-bond acceptors (Lipinski definition) is 6. The average molecular weight is 452 g/mol. The summed E-state index contributed by atoms with van der Waals surface area (Å²) in [4.78, 5) is 49.5. The molecule has 172 valence electrons. The number of fused-ring (bicyclic) bond motifs is 1. The van der Waals surface area contributed by atoms with Gasteiger partial charge in [-0.05, 0) is 29.8 Å². The van der Waals surface area contributed by atoms with Crippen LogP contribution in [0.5, 0.6) is 11.5 Å². The minimum atomic E-state index is -0.624. The molecule has 0 saturated carbocycles. The molecule has 0 aliphatic carbocycles. The van der Waals surface area contributed by atoms with Gasteiger partial charge in [-0.15, -0.1) is 0 Å². The number of ether oxygens (including phenoxy) is 2. The van der Waals surface area contributed by atoms with Crippen molar-refractivity contribution in [1.29, 1.82) is 0 Å². The number of nitrogens with zero attached hydrogens (tertiary/aromatic N) is 1. The maximum atomic E-state index is 12.7. The van der Waals surface area contributed by atoms with E-state index in [0.717, 1.165) is 5.56 Å². The minimum absolute atomic E-state index is 0.124. The van der Waals surface area contributed by atoms with Gasteiger partial charge in [0.2, 0.25) is 17.7 Å². The van der Waals surface area contributed by atoms with Gasteiger partial charge >= 0.3 is 0 Å². The second-order valence-corrected chi connectivity index (χ2v) is 7.80. The molecular weight excluding hydrogens is 428 g/mol. The first-order valence-corrected chi connectivity index (χ1v) is 10.5. The van der Waals surface area contributed by atoms with Crippen molar-refractivity contribution in [2.24, 2.45) is 11.7 Å². The van der Waals surface area contributed by atoms with Gasteiger partial charge in [0.25, 0.3) is 5.91 Å². The lowest BCUT2D eigenvalue weighted by Crippen LogP contribution is -2.33. The highest BCUT2D eigenvalue weighted by molar-refractivity contribution is 6.00. The van der Waals surface area contributed by atoms with Crippen LogP contribution in [0, 0.1) is 5.92 Å². The van der Waals surface area contributed by atoms with E-state index in [-0.39, 0.29) is 37.9 Å². The zero-order valence-corrected chi connectivity index (χ0v) is 17.8. The minimum Gasteiger partial charge on any atom is -0.486 e. The Morgan fingerprint density at radius 1 is 1.00 bits per heavy atom. The lowest BCUT2D eigenvalue weighted by Gasteiger charge is -2.22. The predicted octanol–water partition coefficient (Wildman–Crippen LogP) is 0.342. The first-order chi connectivity index (χ1) is 15.9. The lowest BCUT2D eigenvalue weighted by atomic mass is 10.1. The molecule has 2 aliphatic rings. The van der Waals surface area contributed by atoms with Gasteiger partial charge < -0.3 is 30.7 Å². The molecule has 33 heavy (non-hydrogen) atoms. The molecule has 2 aliphatic heterocycles. The third kappa shape index (κ3) is 5.22. The van der Waals surface area contributed by atoms with Gasteiger partial charge in [0.05, 0.1) is 12.5 Å². The largest absolute Gasteiger partial charge is 0.486 e. The summed E-state index contributed by atoms with van der Waals surface area (Å²) in [6.45, 7) is 1.25. The van der Waals surface area contributed by atoms with Gasteiger partial charge in [-0.2, -0.15) is 0 Å². The number of nitrogens with two attached hydrogens (primary N) is 1. The molecule has 4 N–H and O–H groups in total. The summed E-state index contributed by atoms with van der Waals surface area (Å²) < 4.78 is 11.1. The Kier molecular flexibility index (Phi) is 6.43. The Morgan fingerprint density at radius 2 is 1.73 bits per heavy atom. The molecular formula is C23H24N4O6. The van der Waals surface area contributed by atoms with Crippen LogP contribution in [0.15, 0.2) is 42.5 Å². The number of primary amides is 1. The number of hydrogen-bond donors (Lipinski definition) is 3. The van der Waals surface area contributed by atoms with Crippen molar-refractivity contribution in [3.63, 3.8) is 0 Å². The second-order valence-electron chi connectivity index (χ2n) is 7.80. The van der Waals surface area contributed by atoms with E-state index >= 15 is 0 Å². The van der Waals surface area contributed by atoms with Crippen LogP contribution >= 0.6 is 0 Å². The van der Waals surface area contributed by atoms with Crippen LogP contribution in [0.2, 0.25) is 0 Å². The second kappa shape index (κ2) is 9.60. The fourth-order valence-corrected chi connectivity index (χ4v) is 3.71. The third-order valence-electron chi connectivity index (χ3n) is 5.44. The Balaban J connectivity index is 1.31. The summed E-state index contributed by atoms with van der Waals surface area (Å²) in [5.41, 5.74) is 6.85. The maximum absolute atomic E-state index is 12.7. The normalized spacial score (nSPS) is 16.9. The zero-order chi connectivity index (χ0) is 23.4. The van der Waals surface area contributed by atoms with Crippen LogP contribution in [0.25, 0.3) is 0 Å². The zero-order valence-electron chi connectivity index (χ0n) is 17.8. The van der Waals surface area contributed by atoms with Crippen molar-refractivity contribution >= 4 is 29.3 Å². The quantitative estimate of drug-likeness (QED) is 0.554. The fraction of sp³-hybridized carbons (Fsp3) is 0.304. The molecule has 1 unspecified atom stereocenters. The number of carbonyl (C=O) groups excluding carboxylic acids is 4. The van der Waals surface area contributed by atoms with Crippen molar-refractivity contribution in [3.05, 3.63) is 53.6 Å². The molecule has 0 aromatic heterocycles. The molecule has 0 radical (unpaired) electrons. The van der Waals surface area contributed by atoms with E-state index in [0.29, 0.717) is 36.0 Å². The smallest absolute Gasteiger partial charge is 0.251 e. The van der Waals surface area contributed by atoms with Crippen molar-refractivity contribution in [3.8, 4) is 11.5 Å². The standard InChI is InChI=1S/C23H24N4O6/c24-20(28)12-26-22(30)15-3-1-14(2-4-15)11-25-23(31)16-9-21(29)27(13-16)17-5-6-18-19(10-17)33-8-7-32-18/h1-6,10,16H,7-9,11-13H2,(H2,24,28)(H,25,31)(H,26,30). The van der Waals surface area contributed by atoms with E-state index in [1.54, 1.807) is 47.4 Å². The van der Waals surface area contributed by atoms with Crippen LogP contribution in [0.4, 0.5) is 5.69 Å². The summed E-state index contributed by atoms with van der Waals surface area (Å²) in [7, 11) is 0. The van der Waals surface area contributed by atoms with Gasteiger partial charge in [-0.3, -0.25) is 19.2 Å². The van der Waals surface area contributed by atoms with Crippen molar-refractivity contribution in [1.82, 2.24) is 10.6 Å². The Hall–Kier alpha value is -4.08. The summed E-state index contributed by atoms with van der Waals surface area (Å²) in [5.74, 6) is -0.614. The number of anilines is 1. The topological polar surface area (TPSA) is 140 Å².